The van der Waals surface area contributed by atoms with Gasteiger partial charge in [-0.3, -0.25) is 4.79 Å². The molecule has 0 bridgehead atoms. The molecule has 21 heavy (non-hydrogen) atoms. The molecule has 0 amide bonds. The number of ether oxygens (including phenoxy) is 1. The molecule has 3 N–H and O–H groups in total. The number of H-pyrrole nitrogens is 1. The van der Waals surface area contributed by atoms with E-state index in [0.717, 1.165) is 24.1 Å². The molecule has 2 aromatic rings. The first-order chi connectivity index (χ1) is 10.1. The molecule has 0 atom stereocenters. The summed E-state index contributed by atoms with van der Waals surface area (Å²) in [6.45, 7) is 2.07. The van der Waals surface area contributed by atoms with Crippen molar-refractivity contribution in [3.63, 3.8) is 0 Å². The van der Waals surface area contributed by atoms with Crippen LogP contribution in [0.25, 0.3) is 0 Å². The van der Waals surface area contributed by atoms with E-state index in [1.54, 1.807) is 13.2 Å². The average molecular weight is 305 g/mol. The Bertz CT molecular complexity index is 670. The van der Waals surface area contributed by atoms with E-state index >= 15 is 0 Å². The Kier molecular flexibility index (Phi) is 5.27. The maximum absolute atomic E-state index is 11.6. The minimum Gasteiger partial charge on any atom is -0.495 e. The summed E-state index contributed by atoms with van der Waals surface area (Å²) in [7, 11) is 1.59. The van der Waals surface area contributed by atoms with Crippen LogP contribution in [0.2, 0.25) is 0 Å². The van der Waals surface area contributed by atoms with Gasteiger partial charge < -0.3 is 15.5 Å². The van der Waals surface area contributed by atoms with Crippen molar-refractivity contribution in [2.75, 3.05) is 12.8 Å². The summed E-state index contributed by atoms with van der Waals surface area (Å²) in [5, 5.41) is 0.639. The fourth-order valence-corrected chi connectivity index (χ4v) is 2.80. The summed E-state index contributed by atoms with van der Waals surface area (Å²) in [5.74, 6) is 1.35. The van der Waals surface area contributed by atoms with E-state index in [1.165, 1.54) is 11.8 Å². The van der Waals surface area contributed by atoms with Gasteiger partial charge in [0.1, 0.15) is 5.75 Å². The maximum atomic E-state index is 11.6. The Morgan fingerprint density at radius 1 is 1.38 bits per heavy atom. The molecule has 0 radical (unpaired) electrons. The van der Waals surface area contributed by atoms with Crippen molar-refractivity contribution >= 4 is 17.4 Å². The van der Waals surface area contributed by atoms with Gasteiger partial charge in [-0.15, -0.1) is 0 Å². The third-order valence-electron chi connectivity index (χ3n) is 2.95. The summed E-state index contributed by atoms with van der Waals surface area (Å²) < 4.78 is 5.13. The number of aromatic amines is 1. The van der Waals surface area contributed by atoms with Crippen LogP contribution in [0, 0.1) is 0 Å². The molecule has 1 aromatic heterocycles. The standard InChI is InChI=1S/C15H19N3O2S/c1-3-4-11-8-14(19)18-15(17-11)21-9-10-5-6-13(20-2)12(16)7-10/h5-8H,3-4,9,16H2,1-2H3,(H,17,18,19). The first-order valence-electron chi connectivity index (χ1n) is 6.77. The number of benzene rings is 1. The predicted octanol–water partition coefficient (Wildman–Crippen LogP) is 2.61. The minimum atomic E-state index is -0.106. The van der Waals surface area contributed by atoms with Crippen molar-refractivity contribution in [1.29, 1.82) is 0 Å². The summed E-state index contributed by atoms with van der Waals surface area (Å²) in [6, 6.07) is 7.23. The van der Waals surface area contributed by atoms with Gasteiger partial charge in [0.05, 0.1) is 12.8 Å². The first kappa shape index (κ1) is 15.4. The van der Waals surface area contributed by atoms with Crippen LogP contribution in [-0.4, -0.2) is 17.1 Å². The second-order valence-corrected chi connectivity index (χ2v) is 5.62. The molecule has 0 aliphatic rings. The number of hydrogen-bond donors (Lipinski definition) is 2. The number of anilines is 1. The first-order valence-corrected chi connectivity index (χ1v) is 7.76. The second-order valence-electron chi connectivity index (χ2n) is 4.66. The Morgan fingerprint density at radius 3 is 2.86 bits per heavy atom. The van der Waals surface area contributed by atoms with Gasteiger partial charge in [-0.2, -0.15) is 0 Å². The maximum Gasteiger partial charge on any atom is 0.251 e. The SMILES string of the molecule is CCCc1cc(=O)[nH]c(SCc2ccc(OC)c(N)c2)n1. The van der Waals surface area contributed by atoms with Crippen molar-refractivity contribution < 1.29 is 4.74 Å². The third kappa shape index (κ3) is 4.26. The number of rotatable bonds is 6. The highest BCUT2D eigenvalue weighted by atomic mass is 32.2. The Labute approximate surface area is 127 Å². The molecule has 0 fully saturated rings. The van der Waals surface area contributed by atoms with E-state index in [-0.39, 0.29) is 5.56 Å². The predicted molar refractivity (Wildman–Crippen MR) is 85.8 cm³/mol. The van der Waals surface area contributed by atoms with Crippen molar-refractivity contribution in [2.24, 2.45) is 0 Å². The molecule has 0 aliphatic heterocycles. The third-order valence-corrected chi connectivity index (χ3v) is 3.89. The van der Waals surface area contributed by atoms with Crippen LogP contribution in [0.15, 0.2) is 34.2 Å². The molecule has 0 unspecified atom stereocenters. The number of methoxy groups -OCH3 is 1. The van der Waals surface area contributed by atoms with E-state index in [4.69, 9.17) is 10.5 Å². The van der Waals surface area contributed by atoms with Crippen LogP contribution in [0.5, 0.6) is 5.75 Å². The number of hydrogen-bond acceptors (Lipinski definition) is 5. The zero-order valence-electron chi connectivity index (χ0n) is 12.2. The van der Waals surface area contributed by atoms with Gasteiger partial charge in [0.2, 0.25) is 0 Å². The number of aromatic nitrogens is 2. The average Bonchev–Trinajstić information content (AvgIpc) is 2.45. The fraction of sp³-hybridized carbons (Fsp3) is 0.333. The largest absolute Gasteiger partial charge is 0.495 e. The van der Waals surface area contributed by atoms with Crippen LogP contribution < -0.4 is 16.0 Å². The topological polar surface area (TPSA) is 81.0 Å². The van der Waals surface area contributed by atoms with Crippen molar-refractivity contribution in [3.8, 4) is 5.75 Å². The van der Waals surface area contributed by atoms with Crippen molar-refractivity contribution in [3.05, 3.63) is 45.9 Å². The molecular weight excluding hydrogens is 286 g/mol. The van der Waals surface area contributed by atoms with Crippen molar-refractivity contribution in [1.82, 2.24) is 9.97 Å². The lowest BCUT2D eigenvalue weighted by molar-refractivity contribution is 0.417. The molecule has 1 aromatic carbocycles. The number of aryl methyl sites for hydroxylation is 1. The van der Waals surface area contributed by atoms with Gasteiger partial charge in [-0.1, -0.05) is 31.2 Å². The van der Waals surface area contributed by atoms with Crippen LogP contribution in [-0.2, 0) is 12.2 Å². The summed E-state index contributed by atoms with van der Waals surface area (Å²) in [5.41, 5.74) is 8.27. The van der Waals surface area contributed by atoms with E-state index in [1.807, 2.05) is 18.2 Å². The summed E-state index contributed by atoms with van der Waals surface area (Å²) in [6.07, 6.45) is 1.78. The summed E-state index contributed by atoms with van der Waals surface area (Å²) in [4.78, 5) is 18.8. The highest BCUT2D eigenvalue weighted by molar-refractivity contribution is 7.98. The molecule has 112 valence electrons. The normalized spacial score (nSPS) is 10.6. The number of nitrogens with two attached hydrogens (primary N) is 1. The van der Waals surface area contributed by atoms with Crippen LogP contribution in [0.4, 0.5) is 5.69 Å². The van der Waals surface area contributed by atoms with Crippen LogP contribution in [0.1, 0.15) is 24.6 Å². The Morgan fingerprint density at radius 2 is 2.19 bits per heavy atom. The van der Waals surface area contributed by atoms with E-state index in [0.29, 0.717) is 22.3 Å². The number of nitrogens with zero attached hydrogens (tertiary/aromatic N) is 1. The molecule has 0 saturated heterocycles. The summed E-state index contributed by atoms with van der Waals surface area (Å²) >= 11 is 1.49. The minimum absolute atomic E-state index is 0.106. The molecule has 1 heterocycles. The molecule has 0 spiro atoms. The molecule has 0 saturated carbocycles. The highest BCUT2D eigenvalue weighted by Gasteiger charge is 2.05. The van der Waals surface area contributed by atoms with Crippen LogP contribution in [0.3, 0.4) is 0 Å². The number of thioether (sulfide) groups is 1. The monoisotopic (exact) mass is 305 g/mol. The van der Waals surface area contributed by atoms with Crippen molar-refractivity contribution in [2.45, 2.75) is 30.7 Å². The van der Waals surface area contributed by atoms with Gasteiger partial charge in [-0.25, -0.2) is 4.98 Å². The van der Waals surface area contributed by atoms with E-state index in [9.17, 15) is 4.79 Å². The number of nitrogens with one attached hydrogen (secondary N) is 1. The smallest absolute Gasteiger partial charge is 0.251 e. The van der Waals surface area contributed by atoms with Gasteiger partial charge in [-0.05, 0) is 24.1 Å². The van der Waals surface area contributed by atoms with Crippen LogP contribution >= 0.6 is 11.8 Å². The fourth-order valence-electron chi connectivity index (χ4n) is 1.96. The van der Waals surface area contributed by atoms with Gasteiger partial charge >= 0.3 is 0 Å². The molecule has 2 rings (SSSR count). The van der Waals surface area contributed by atoms with E-state index in [2.05, 4.69) is 16.9 Å². The number of nitrogen functional groups attached to an aromatic ring is 1. The lowest BCUT2D eigenvalue weighted by atomic mass is 10.2. The lowest BCUT2D eigenvalue weighted by Crippen LogP contribution is -2.10. The Hall–Kier alpha value is -1.95. The molecule has 5 nitrogen and oxygen atoms in total. The molecule has 6 heteroatoms. The van der Waals surface area contributed by atoms with Gasteiger partial charge in [0, 0.05) is 17.5 Å². The lowest BCUT2D eigenvalue weighted by Gasteiger charge is -2.07. The zero-order valence-corrected chi connectivity index (χ0v) is 13.0. The Balaban J connectivity index is 2.09. The zero-order chi connectivity index (χ0) is 15.2. The molecule has 0 aliphatic carbocycles. The van der Waals surface area contributed by atoms with Gasteiger partial charge in [0.15, 0.2) is 5.16 Å². The highest BCUT2D eigenvalue weighted by Crippen LogP contribution is 2.25. The molecular formula is C15H19N3O2S. The quantitative estimate of drug-likeness (QED) is 0.487. The van der Waals surface area contributed by atoms with E-state index < -0.39 is 0 Å². The van der Waals surface area contributed by atoms with Gasteiger partial charge in [0.25, 0.3) is 5.56 Å². The second kappa shape index (κ2) is 7.17.